The number of aliphatic imine (C=N–C) groups is 1. The van der Waals surface area contributed by atoms with Gasteiger partial charge in [-0.1, -0.05) is 19.1 Å². The molecule has 2 aromatic rings. The average molecular weight is 331 g/mol. The third kappa shape index (κ3) is 2.29. The van der Waals surface area contributed by atoms with Crippen molar-refractivity contribution in [3.05, 3.63) is 47.3 Å². The Hall–Kier alpha value is -2.29. The number of hydrogen-bond acceptors (Lipinski definition) is 2. The third-order valence-electron chi connectivity index (χ3n) is 6.05. The summed E-state index contributed by atoms with van der Waals surface area (Å²) < 4.78 is 2.38. The van der Waals surface area contributed by atoms with Crippen LogP contribution >= 0.6 is 0 Å². The summed E-state index contributed by atoms with van der Waals surface area (Å²) in [5.41, 5.74) is 9.08. The van der Waals surface area contributed by atoms with Gasteiger partial charge in [-0.3, -0.25) is 4.99 Å². The number of rotatable bonds is 1. The van der Waals surface area contributed by atoms with Gasteiger partial charge < -0.3 is 9.47 Å². The van der Waals surface area contributed by atoms with Crippen LogP contribution in [0.4, 0.5) is 11.4 Å². The van der Waals surface area contributed by atoms with Gasteiger partial charge in [0, 0.05) is 31.1 Å². The molecule has 1 aromatic heterocycles. The summed E-state index contributed by atoms with van der Waals surface area (Å²) in [5.74, 6) is 0.839. The maximum absolute atomic E-state index is 5.00. The van der Waals surface area contributed by atoms with Gasteiger partial charge in [0.05, 0.1) is 17.1 Å². The molecule has 5 rings (SSSR count). The van der Waals surface area contributed by atoms with Gasteiger partial charge in [-0.15, -0.1) is 0 Å². The smallest absolute Gasteiger partial charge is 0.111 e. The van der Waals surface area contributed by atoms with E-state index in [1.54, 1.807) is 0 Å². The van der Waals surface area contributed by atoms with E-state index < -0.39 is 0 Å². The maximum atomic E-state index is 5.00. The molecule has 0 spiro atoms. The van der Waals surface area contributed by atoms with E-state index in [-0.39, 0.29) is 0 Å². The molecule has 2 aliphatic heterocycles. The SMILES string of the molecule is Cc1ccc(N2CCC(C)CC2)c2c1-n1ccc3c1C(=CCC3)C=N2. The highest BCUT2D eigenvalue weighted by Gasteiger charge is 2.26. The van der Waals surface area contributed by atoms with Crippen molar-refractivity contribution in [2.24, 2.45) is 10.9 Å². The second-order valence-electron chi connectivity index (χ2n) is 7.78. The van der Waals surface area contributed by atoms with Crippen LogP contribution in [0.25, 0.3) is 11.3 Å². The second kappa shape index (κ2) is 5.62. The lowest BCUT2D eigenvalue weighted by molar-refractivity contribution is 0.438. The molecular weight excluding hydrogens is 306 g/mol. The molecule has 0 saturated carbocycles. The Morgan fingerprint density at radius 1 is 1.12 bits per heavy atom. The molecule has 3 heterocycles. The minimum absolute atomic E-state index is 0.839. The number of aryl methyl sites for hydroxylation is 2. The Morgan fingerprint density at radius 3 is 2.80 bits per heavy atom. The molecule has 3 aliphatic rings. The summed E-state index contributed by atoms with van der Waals surface area (Å²) in [4.78, 5) is 7.54. The predicted molar refractivity (Wildman–Crippen MR) is 106 cm³/mol. The highest BCUT2D eigenvalue weighted by Crippen LogP contribution is 2.43. The molecule has 0 atom stereocenters. The van der Waals surface area contributed by atoms with E-state index in [0.717, 1.165) is 37.5 Å². The molecule has 0 radical (unpaired) electrons. The molecule has 1 aromatic carbocycles. The van der Waals surface area contributed by atoms with Gasteiger partial charge in [-0.2, -0.15) is 0 Å². The fourth-order valence-electron chi connectivity index (χ4n) is 4.52. The number of allylic oxidation sites excluding steroid dienone is 2. The molecule has 0 unspecified atom stereocenters. The van der Waals surface area contributed by atoms with Crippen molar-refractivity contribution >= 4 is 23.2 Å². The van der Waals surface area contributed by atoms with Crippen molar-refractivity contribution in [3.8, 4) is 5.69 Å². The quantitative estimate of drug-likeness (QED) is 0.715. The van der Waals surface area contributed by atoms with Crippen molar-refractivity contribution in [3.63, 3.8) is 0 Å². The minimum atomic E-state index is 0.839. The van der Waals surface area contributed by atoms with Crippen LogP contribution in [0.3, 0.4) is 0 Å². The van der Waals surface area contributed by atoms with Crippen molar-refractivity contribution < 1.29 is 0 Å². The van der Waals surface area contributed by atoms with E-state index in [2.05, 4.69) is 60.0 Å². The second-order valence-corrected chi connectivity index (χ2v) is 7.78. The van der Waals surface area contributed by atoms with Gasteiger partial charge in [0.25, 0.3) is 0 Å². The molecule has 3 heteroatoms. The number of benzene rings is 1. The molecule has 128 valence electrons. The standard InChI is InChI=1S/C22H25N3/c1-15-8-11-24(12-9-15)19-7-6-16(2)21-20(19)23-14-18-5-3-4-17-10-13-25(21)22(17)18/h5-7,10,13-15H,3-4,8-9,11-12H2,1-2H3. The Balaban J connectivity index is 1.71. The van der Waals surface area contributed by atoms with E-state index in [0.29, 0.717) is 0 Å². The van der Waals surface area contributed by atoms with E-state index in [4.69, 9.17) is 4.99 Å². The van der Waals surface area contributed by atoms with Crippen LogP contribution in [0, 0.1) is 12.8 Å². The van der Waals surface area contributed by atoms with Crippen LogP contribution in [0.5, 0.6) is 0 Å². The van der Waals surface area contributed by atoms with Gasteiger partial charge >= 0.3 is 0 Å². The van der Waals surface area contributed by atoms with Crippen LogP contribution in [0.2, 0.25) is 0 Å². The zero-order valence-electron chi connectivity index (χ0n) is 15.1. The van der Waals surface area contributed by atoms with Gasteiger partial charge in [0.2, 0.25) is 0 Å². The lowest BCUT2D eigenvalue weighted by atomic mass is 9.97. The van der Waals surface area contributed by atoms with E-state index in [9.17, 15) is 0 Å². The van der Waals surface area contributed by atoms with E-state index in [1.807, 2.05) is 0 Å². The first-order chi connectivity index (χ1) is 12.2. The van der Waals surface area contributed by atoms with Crippen molar-refractivity contribution in [2.45, 2.75) is 39.5 Å². The fraction of sp³-hybridized carbons (Fsp3) is 0.409. The minimum Gasteiger partial charge on any atom is -0.370 e. The lowest BCUT2D eigenvalue weighted by Gasteiger charge is -2.33. The summed E-state index contributed by atoms with van der Waals surface area (Å²) in [6.07, 6.45) is 11.5. The van der Waals surface area contributed by atoms with Gasteiger partial charge in [0.1, 0.15) is 5.69 Å². The summed E-state index contributed by atoms with van der Waals surface area (Å²) in [5, 5.41) is 0. The van der Waals surface area contributed by atoms with Gasteiger partial charge in [0.15, 0.2) is 0 Å². The Morgan fingerprint density at radius 2 is 1.96 bits per heavy atom. The topological polar surface area (TPSA) is 20.5 Å². The first-order valence-electron chi connectivity index (χ1n) is 9.56. The van der Waals surface area contributed by atoms with Crippen LogP contribution in [-0.2, 0) is 6.42 Å². The molecule has 1 saturated heterocycles. The van der Waals surface area contributed by atoms with Crippen LogP contribution in [0.1, 0.15) is 43.0 Å². The normalized spacial score (nSPS) is 19.3. The Bertz CT molecular complexity index is 892. The molecule has 1 aliphatic carbocycles. The predicted octanol–water partition coefficient (Wildman–Crippen LogP) is 5.07. The zero-order chi connectivity index (χ0) is 17.0. The van der Waals surface area contributed by atoms with E-state index >= 15 is 0 Å². The van der Waals surface area contributed by atoms with Gasteiger partial charge in [-0.05, 0) is 61.8 Å². The summed E-state index contributed by atoms with van der Waals surface area (Å²) in [6, 6.07) is 6.84. The Labute approximate surface area is 149 Å². The van der Waals surface area contributed by atoms with Gasteiger partial charge in [-0.25, -0.2) is 0 Å². The molecule has 0 amide bonds. The first-order valence-corrected chi connectivity index (χ1v) is 9.56. The number of piperidine rings is 1. The lowest BCUT2D eigenvalue weighted by Crippen LogP contribution is -2.32. The molecular formula is C22H25N3. The maximum Gasteiger partial charge on any atom is 0.111 e. The number of hydrogen-bond donors (Lipinski definition) is 0. The summed E-state index contributed by atoms with van der Waals surface area (Å²) in [7, 11) is 0. The number of fused-ring (bicyclic) bond motifs is 2. The molecule has 1 fully saturated rings. The molecule has 25 heavy (non-hydrogen) atoms. The van der Waals surface area contributed by atoms with Crippen LogP contribution in [0.15, 0.2) is 35.5 Å². The van der Waals surface area contributed by atoms with Crippen LogP contribution in [-0.4, -0.2) is 23.9 Å². The average Bonchev–Trinajstić information content (AvgIpc) is 2.97. The number of anilines is 1. The highest BCUT2D eigenvalue weighted by atomic mass is 15.2. The first kappa shape index (κ1) is 15.0. The molecule has 3 nitrogen and oxygen atoms in total. The van der Waals surface area contributed by atoms with Crippen molar-refractivity contribution in [2.75, 3.05) is 18.0 Å². The third-order valence-corrected chi connectivity index (χ3v) is 6.05. The monoisotopic (exact) mass is 331 g/mol. The summed E-state index contributed by atoms with van der Waals surface area (Å²) in [6.45, 7) is 6.85. The molecule has 0 N–H and O–H groups in total. The Kier molecular flexibility index (Phi) is 3.37. The summed E-state index contributed by atoms with van der Waals surface area (Å²) >= 11 is 0. The van der Waals surface area contributed by atoms with Crippen molar-refractivity contribution in [1.29, 1.82) is 0 Å². The largest absolute Gasteiger partial charge is 0.370 e. The zero-order valence-corrected chi connectivity index (χ0v) is 15.1. The van der Waals surface area contributed by atoms with E-state index in [1.165, 1.54) is 46.6 Å². The number of aromatic nitrogens is 1. The van der Waals surface area contributed by atoms with Crippen molar-refractivity contribution in [1.82, 2.24) is 4.57 Å². The number of nitrogens with zero attached hydrogens (tertiary/aromatic N) is 3. The fourth-order valence-corrected chi connectivity index (χ4v) is 4.52. The highest BCUT2D eigenvalue weighted by molar-refractivity contribution is 6.13. The van der Waals surface area contributed by atoms with Crippen LogP contribution < -0.4 is 4.90 Å². The molecule has 0 bridgehead atoms.